The molecule has 0 aromatic heterocycles. The Morgan fingerprint density at radius 3 is 2.33 bits per heavy atom. The Bertz CT molecular complexity index is 548. The smallest absolute Gasteiger partial charge is 0.240 e. The summed E-state index contributed by atoms with van der Waals surface area (Å²) in [7, 11) is 0. The molecule has 1 saturated carbocycles. The van der Waals surface area contributed by atoms with Gasteiger partial charge in [-0.3, -0.25) is 9.59 Å². The zero-order valence-corrected chi connectivity index (χ0v) is 14.9. The van der Waals surface area contributed by atoms with Crippen LogP contribution >= 0.6 is 0 Å². The van der Waals surface area contributed by atoms with Gasteiger partial charge in [-0.15, -0.1) is 0 Å². The summed E-state index contributed by atoms with van der Waals surface area (Å²) >= 11 is 0. The number of nitrogens with one attached hydrogen (secondary N) is 1. The molecule has 0 unspecified atom stereocenters. The van der Waals surface area contributed by atoms with E-state index >= 15 is 0 Å². The van der Waals surface area contributed by atoms with Crippen molar-refractivity contribution in [1.29, 1.82) is 0 Å². The lowest BCUT2D eigenvalue weighted by molar-refractivity contribution is -0.123. The number of amides is 2. The molecule has 1 aliphatic rings. The van der Waals surface area contributed by atoms with E-state index in [2.05, 4.69) is 5.32 Å². The van der Waals surface area contributed by atoms with Crippen LogP contribution in [-0.4, -0.2) is 30.5 Å². The molecule has 1 aliphatic carbocycles. The van der Waals surface area contributed by atoms with Gasteiger partial charge in [0.25, 0.3) is 0 Å². The highest BCUT2D eigenvalue weighted by Crippen LogP contribution is 2.21. The highest BCUT2D eigenvalue weighted by atomic mass is 16.5. The fourth-order valence-electron chi connectivity index (χ4n) is 3.03. The first-order chi connectivity index (χ1) is 11.5. The van der Waals surface area contributed by atoms with Crippen LogP contribution in [0.15, 0.2) is 24.3 Å². The summed E-state index contributed by atoms with van der Waals surface area (Å²) in [4.78, 5) is 25.7. The van der Waals surface area contributed by atoms with Crippen molar-refractivity contribution in [2.45, 2.75) is 65.0 Å². The highest BCUT2D eigenvalue weighted by Gasteiger charge is 2.20. The Morgan fingerprint density at radius 2 is 1.79 bits per heavy atom. The number of hydrogen-bond acceptors (Lipinski definition) is 3. The van der Waals surface area contributed by atoms with Gasteiger partial charge in [0.15, 0.2) is 0 Å². The molecule has 0 aliphatic heterocycles. The first-order valence-corrected chi connectivity index (χ1v) is 8.80. The van der Waals surface area contributed by atoms with Gasteiger partial charge in [-0.25, -0.2) is 0 Å². The molecule has 0 heterocycles. The van der Waals surface area contributed by atoms with Crippen molar-refractivity contribution >= 4 is 17.5 Å². The summed E-state index contributed by atoms with van der Waals surface area (Å²) in [6.45, 7) is 5.46. The van der Waals surface area contributed by atoms with Crippen LogP contribution in [0.3, 0.4) is 0 Å². The Hall–Kier alpha value is -2.04. The van der Waals surface area contributed by atoms with E-state index in [1.54, 1.807) is 0 Å². The van der Waals surface area contributed by atoms with E-state index in [0.29, 0.717) is 5.69 Å². The second kappa shape index (κ2) is 8.71. The van der Waals surface area contributed by atoms with Crippen molar-refractivity contribution in [2.24, 2.45) is 0 Å². The summed E-state index contributed by atoms with van der Waals surface area (Å²) in [5, 5.41) is 3.05. The Morgan fingerprint density at radius 1 is 1.17 bits per heavy atom. The van der Waals surface area contributed by atoms with Gasteiger partial charge < -0.3 is 15.0 Å². The lowest BCUT2D eigenvalue weighted by Gasteiger charge is -2.25. The molecule has 24 heavy (non-hydrogen) atoms. The molecule has 2 rings (SSSR count). The molecule has 0 saturated heterocycles. The number of nitrogens with zero attached hydrogens (tertiary/aromatic N) is 1. The minimum absolute atomic E-state index is 0.0518. The van der Waals surface area contributed by atoms with E-state index in [0.717, 1.165) is 18.6 Å². The third kappa shape index (κ3) is 5.55. The number of carbonyl (C=O) groups is 2. The van der Waals surface area contributed by atoms with Gasteiger partial charge in [0.05, 0.1) is 6.10 Å². The maximum atomic E-state index is 12.3. The van der Waals surface area contributed by atoms with Crippen molar-refractivity contribution in [3.05, 3.63) is 24.3 Å². The van der Waals surface area contributed by atoms with Crippen molar-refractivity contribution < 1.29 is 14.3 Å². The summed E-state index contributed by atoms with van der Waals surface area (Å²) in [5.41, 5.74) is 0.706. The van der Waals surface area contributed by atoms with Gasteiger partial charge in [0.1, 0.15) is 12.3 Å². The SMILES string of the molecule is CC(=O)N(CC(=O)NC1CCCCC1)c1ccc(OC(C)C)cc1. The zero-order chi connectivity index (χ0) is 17.5. The average molecular weight is 332 g/mol. The average Bonchev–Trinajstić information content (AvgIpc) is 2.54. The molecule has 5 nitrogen and oxygen atoms in total. The van der Waals surface area contributed by atoms with E-state index in [4.69, 9.17) is 4.74 Å². The predicted molar refractivity (Wildman–Crippen MR) is 95.2 cm³/mol. The topological polar surface area (TPSA) is 58.6 Å². The van der Waals surface area contributed by atoms with Crippen LogP contribution in [0, 0.1) is 0 Å². The molecule has 0 radical (unpaired) electrons. The minimum atomic E-state index is -0.147. The number of carbonyl (C=O) groups excluding carboxylic acids is 2. The van der Waals surface area contributed by atoms with Crippen LogP contribution in [0.5, 0.6) is 5.75 Å². The molecule has 5 heteroatoms. The second-order valence-electron chi connectivity index (χ2n) is 6.67. The van der Waals surface area contributed by atoms with Gasteiger partial charge in [-0.2, -0.15) is 0 Å². The van der Waals surface area contributed by atoms with Crippen molar-refractivity contribution in [3.63, 3.8) is 0 Å². The number of ether oxygens (including phenoxy) is 1. The Kier molecular flexibility index (Phi) is 6.64. The van der Waals surface area contributed by atoms with Crippen molar-refractivity contribution in [1.82, 2.24) is 5.32 Å². The van der Waals surface area contributed by atoms with Crippen LogP contribution in [0.1, 0.15) is 52.9 Å². The van der Waals surface area contributed by atoms with Crippen LogP contribution in [0.2, 0.25) is 0 Å². The normalized spacial score (nSPS) is 15.2. The summed E-state index contributed by atoms with van der Waals surface area (Å²) in [6, 6.07) is 7.52. The number of hydrogen-bond donors (Lipinski definition) is 1. The maximum absolute atomic E-state index is 12.3. The molecule has 1 N–H and O–H groups in total. The first-order valence-electron chi connectivity index (χ1n) is 8.80. The van der Waals surface area contributed by atoms with Gasteiger partial charge in [0, 0.05) is 18.7 Å². The molecule has 0 atom stereocenters. The molecule has 0 bridgehead atoms. The molecular formula is C19H28N2O3. The van der Waals surface area contributed by atoms with Gasteiger partial charge >= 0.3 is 0 Å². The molecule has 0 spiro atoms. The van der Waals surface area contributed by atoms with Crippen molar-refractivity contribution in [2.75, 3.05) is 11.4 Å². The third-order valence-corrected chi connectivity index (χ3v) is 4.17. The van der Waals surface area contributed by atoms with Crippen LogP contribution < -0.4 is 15.0 Å². The molecule has 1 fully saturated rings. The predicted octanol–water partition coefficient (Wildman–Crippen LogP) is 3.28. The fraction of sp³-hybridized carbons (Fsp3) is 0.579. The molecule has 1 aromatic rings. The Labute approximate surface area is 144 Å². The number of rotatable bonds is 6. The van der Waals surface area contributed by atoms with Gasteiger partial charge in [-0.05, 0) is 51.0 Å². The fourth-order valence-corrected chi connectivity index (χ4v) is 3.03. The summed E-state index contributed by atoms with van der Waals surface area (Å²) < 4.78 is 5.61. The van der Waals surface area contributed by atoms with E-state index in [-0.39, 0.29) is 30.5 Å². The van der Waals surface area contributed by atoms with Crippen LogP contribution in [0.4, 0.5) is 5.69 Å². The molecule has 2 amide bonds. The van der Waals surface area contributed by atoms with Crippen LogP contribution in [0.25, 0.3) is 0 Å². The quantitative estimate of drug-likeness (QED) is 0.870. The summed E-state index contributed by atoms with van der Waals surface area (Å²) in [6.07, 6.45) is 5.75. The lowest BCUT2D eigenvalue weighted by atomic mass is 9.95. The zero-order valence-electron chi connectivity index (χ0n) is 14.9. The number of anilines is 1. The second-order valence-corrected chi connectivity index (χ2v) is 6.67. The molecule has 1 aromatic carbocycles. The van der Waals surface area contributed by atoms with Crippen LogP contribution in [-0.2, 0) is 9.59 Å². The van der Waals surface area contributed by atoms with E-state index in [9.17, 15) is 9.59 Å². The number of benzene rings is 1. The third-order valence-electron chi connectivity index (χ3n) is 4.17. The largest absolute Gasteiger partial charge is 0.491 e. The van der Waals surface area contributed by atoms with Crippen molar-refractivity contribution in [3.8, 4) is 5.75 Å². The van der Waals surface area contributed by atoms with Gasteiger partial charge in [0.2, 0.25) is 11.8 Å². The summed E-state index contributed by atoms with van der Waals surface area (Å²) in [5.74, 6) is 0.509. The molecule has 132 valence electrons. The lowest BCUT2D eigenvalue weighted by Crippen LogP contribution is -2.44. The van der Waals surface area contributed by atoms with E-state index < -0.39 is 0 Å². The standard InChI is InChI=1S/C19H28N2O3/c1-14(2)24-18-11-9-17(10-12-18)21(15(3)22)13-19(23)20-16-7-5-4-6-8-16/h9-12,14,16H,4-8,13H2,1-3H3,(H,20,23). The van der Waals surface area contributed by atoms with E-state index in [1.165, 1.54) is 31.1 Å². The van der Waals surface area contributed by atoms with E-state index in [1.807, 2.05) is 38.1 Å². The van der Waals surface area contributed by atoms with Gasteiger partial charge in [-0.1, -0.05) is 19.3 Å². The monoisotopic (exact) mass is 332 g/mol. The highest BCUT2D eigenvalue weighted by molar-refractivity contribution is 5.97. The maximum Gasteiger partial charge on any atom is 0.240 e. The minimum Gasteiger partial charge on any atom is -0.491 e. The molecular weight excluding hydrogens is 304 g/mol. The first kappa shape index (κ1) is 18.3. The Balaban J connectivity index is 1.97.